The molecule has 4 nitrogen and oxygen atoms in total. The van der Waals surface area contributed by atoms with E-state index < -0.39 is 0 Å². The third-order valence-corrected chi connectivity index (χ3v) is 4.24. The summed E-state index contributed by atoms with van der Waals surface area (Å²) < 4.78 is 5.92. The highest BCUT2D eigenvalue weighted by molar-refractivity contribution is 5.91. The fourth-order valence-electron chi connectivity index (χ4n) is 3.12. The molecule has 0 unspecified atom stereocenters. The lowest BCUT2D eigenvalue weighted by Crippen LogP contribution is -2.41. The number of fused-ring (bicyclic) bond motifs is 1. The minimum atomic E-state index is 0.189. The highest BCUT2D eigenvalue weighted by Crippen LogP contribution is 2.32. The number of nitrogen functional groups attached to an aromatic ring is 2. The lowest BCUT2D eigenvalue weighted by Gasteiger charge is -2.26. The van der Waals surface area contributed by atoms with Crippen LogP contribution >= 0.6 is 0 Å². The van der Waals surface area contributed by atoms with E-state index in [4.69, 9.17) is 15.9 Å². The van der Waals surface area contributed by atoms with Gasteiger partial charge in [-0.3, -0.25) is 0 Å². The van der Waals surface area contributed by atoms with Crippen LogP contribution in [0.3, 0.4) is 0 Å². The average Bonchev–Trinajstić information content (AvgIpc) is 2.97. The molecular weight excluding hydrogens is 238 g/mol. The second-order valence-corrected chi connectivity index (χ2v) is 5.58. The predicted molar refractivity (Wildman–Crippen MR) is 79.0 cm³/mol. The number of hydrogen-bond donors (Lipinski definition) is 3. The second-order valence-electron chi connectivity index (χ2n) is 5.58. The maximum absolute atomic E-state index is 5.95. The van der Waals surface area contributed by atoms with E-state index in [-0.39, 0.29) is 5.54 Å². The molecule has 0 radical (unpaired) electrons. The van der Waals surface area contributed by atoms with Crippen molar-refractivity contribution in [1.82, 2.24) is 5.32 Å². The maximum atomic E-state index is 5.95. The summed E-state index contributed by atoms with van der Waals surface area (Å²) >= 11 is 0. The Morgan fingerprint density at radius 1 is 1.32 bits per heavy atom. The Hall–Kier alpha value is -1.68. The van der Waals surface area contributed by atoms with Crippen LogP contribution in [-0.4, -0.2) is 12.1 Å². The molecule has 1 saturated heterocycles. The first-order valence-electron chi connectivity index (χ1n) is 6.94. The van der Waals surface area contributed by atoms with Crippen molar-refractivity contribution in [1.29, 1.82) is 0 Å². The fourth-order valence-corrected chi connectivity index (χ4v) is 3.12. The smallest absolute Gasteiger partial charge is 0.157 e. The third-order valence-electron chi connectivity index (χ3n) is 4.24. The first-order chi connectivity index (χ1) is 9.12. The average molecular weight is 259 g/mol. The number of nitrogens with one attached hydrogen (secondary N) is 1. The minimum Gasteiger partial charge on any atom is -0.459 e. The summed E-state index contributed by atoms with van der Waals surface area (Å²) in [6.45, 7) is 3.33. The quantitative estimate of drug-likeness (QED) is 0.741. The number of rotatable bonds is 3. The molecule has 4 heteroatoms. The van der Waals surface area contributed by atoms with Crippen molar-refractivity contribution in [3.05, 3.63) is 24.0 Å². The van der Waals surface area contributed by atoms with Crippen LogP contribution in [0.2, 0.25) is 0 Å². The van der Waals surface area contributed by atoms with E-state index in [0.717, 1.165) is 36.1 Å². The van der Waals surface area contributed by atoms with E-state index in [0.29, 0.717) is 11.4 Å². The molecule has 0 saturated carbocycles. The molecule has 1 atom stereocenters. The van der Waals surface area contributed by atoms with Gasteiger partial charge in [0.1, 0.15) is 5.76 Å². The van der Waals surface area contributed by atoms with Crippen LogP contribution in [0, 0.1) is 0 Å². The van der Waals surface area contributed by atoms with Gasteiger partial charge in [-0.15, -0.1) is 0 Å². The van der Waals surface area contributed by atoms with Gasteiger partial charge in [0, 0.05) is 23.0 Å². The molecule has 5 N–H and O–H groups in total. The second kappa shape index (κ2) is 4.46. The first kappa shape index (κ1) is 12.4. The Morgan fingerprint density at radius 3 is 2.84 bits per heavy atom. The summed E-state index contributed by atoms with van der Waals surface area (Å²) in [5, 5.41) is 4.62. The summed E-state index contributed by atoms with van der Waals surface area (Å²) in [5.74, 6) is 0.989. The van der Waals surface area contributed by atoms with Crippen molar-refractivity contribution < 1.29 is 4.42 Å². The summed E-state index contributed by atoms with van der Waals surface area (Å²) in [5.41, 5.74) is 14.0. The van der Waals surface area contributed by atoms with E-state index in [1.54, 1.807) is 6.07 Å². The first-order valence-corrected chi connectivity index (χ1v) is 6.94. The van der Waals surface area contributed by atoms with Gasteiger partial charge in [-0.25, -0.2) is 0 Å². The van der Waals surface area contributed by atoms with Crippen LogP contribution in [0.1, 0.15) is 31.9 Å². The standard InChI is InChI=1S/C15H21N3O/c1-2-15(4-3-5-18-15)9-12-7-10-6-11(16)8-13(17)14(10)19-12/h6-8,18H,2-5,9,16-17H2,1H3/t15-/m1/s1. The van der Waals surface area contributed by atoms with Crippen LogP contribution in [0.25, 0.3) is 11.0 Å². The molecule has 19 heavy (non-hydrogen) atoms. The zero-order valence-electron chi connectivity index (χ0n) is 11.3. The maximum Gasteiger partial charge on any atom is 0.157 e. The van der Waals surface area contributed by atoms with E-state index in [2.05, 4.69) is 18.3 Å². The SMILES string of the molecule is CC[C@]1(Cc2cc3cc(N)cc(N)c3o2)CCCN1. The van der Waals surface area contributed by atoms with Crippen LogP contribution < -0.4 is 16.8 Å². The number of nitrogens with two attached hydrogens (primary N) is 2. The highest BCUT2D eigenvalue weighted by atomic mass is 16.3. The molecule has 0 aliphatic carbocycles. The normalized spacial score (nSPS) is 23.2. The lowest BCUT2D eigenvalue weighted by atomic mass is 9.89. The van der Waals surface area contributed by atoms with E-state index in [1.165, 1.54) is 12.8 Å². The Balaban J connectivity index is 1.95. The molecular formula is C15H21N3O. The minimum absolute atomic E-state index is 0.189. The molecule has 1 aliphatic rings. The molecule has 3 rings (SSSR count). The number of hydrogen-bond acceptors (Lipinski definition) is 4. The Kier molecular flexibility index (Phi) is 2.90. The third kappa shape index (κ3) is 2.16. The molecule has 2 heterocycles. The van der Waals surface area contributed by atoms with Crippen LogP contribution in [0.4, 0.5) is 11.4 Å². The zero-order valence-corrected chi connectivity index (χ0v) is 11.3. The van der Waals surface area contributed by atoms with Gasteiger partial charge in [-0.2, -0.15) is 0 Å². The van der Waals surface area contributed by atoms with Gasteiger partial charge in [-0.05, 0) is 44.0 Å². The number of furan rings is 1. The molecule has 1 fully saturated rings. The lowest BCUT2D eigenvalue weighted by molar-refractivity contribution is 0.334. The molecule has 102 valence electrons. The molecule has 1 aliphatic heterocycles. The molecule has 1 aromatic heterocycles. The Morgan fingerprint density at radius 2 is 2.16 bits per heavy atom. The molecule has 0 amide bonds. The van der Waals surface area contributed by atoms with Crippen molar-refractivity contribution in [2.75, 3.05) is 18.0 Å². The van der Waals surface area contributed by atoms with Gasteiger partial charge in [0.05, 0.1) is 5.69 Å². The van der Waals surface area contributed by atoms with E-state index in [1.807, 2.05) is 6.07 Å². The van der Waals surface area contributed by atoms with Gasteiger partial charge in [-0.1, -0.05) is 6.92 Å². The molecule has 1 aromatic carbocycles. The van der Waals surface area contributed by atoms with Crippen LogP contribution in [0.15, 0.2) is 22.6 Å². The van der Waals surface area contributed by atoms with Gasteiger partial charge < -0.3 is 21.2 Å². The molecule has 2 aromatic rings. The highest BCUT2D eigenvalue weighted by Gasteiger charge is 2.32. The molecule has 0 bridgehead atoms. The van der Waals surface area contributed by atoms with Crippen LogP contribution in [0.5, 0.6) is 0 Å². The monoisotopic (exact) mass is 259 g/mol. The summed E-state index contributed by atoms with van der Waals surface area (Å²) in [6, 6.07) is 5.73. The van der Waals surface area contributed by atoms with Gasteiger partial charge in [0.25, 0.3) is 0 Å². The van der Waals surface area contributed by atoms with Gasteiger partial charge in [0.15, 0.2) is 5.58 Å². The number of benzene rings is 1. The van der Waals surface area contributed by atoms with E-state index >= 15 is 0 Å². The van der Waals surface area contributed by atoms with Crippen molar-refractivity contribution in [2.24, 2.45) is 0 Å². The fraction of sp³-hybridized carbons (Fsp3) is 0.467. The van der Waals surface area contributed by atoms with Gasteiger partial charge in [0.2, 0.25) is 0 Å². The van der Waals surface area contributed by atoms with Crippen molar-refractivity contribution >= 4 is 22.3 Å². The predicted octanol–water partition coefficient (Wildman–Crippen LogP) is 2.67. The molecule has 0 spiro atoms. The summed E-state index contributed by atoms with van der Waals surface area (Å²) in [4.78, 5) is 0. The van der Waals surface area contributed by atoms with Gasteiger partial charge >= 0.3 is 0 Å². The Bertz CT molecular complexity index is 597. The van der Waals surface area contributed by atoms with Crippen LogP contribution in [-0.2, 0) is 6.42 Å². The van der Waals surface area contributed by atoms with Crippen molar-refractivity contribution in [3.8, 4) is 0 Å². The summed E-state index contributed by atoms with van der Waals surface area (Å²) in [6.07, 6.45) is 4.47. The van der Waals surface area contributed by atoms with Crippen molar-refractivity contribution in [3.63, 3.8) is 0 Å². The zero-order chi connectivity index (χ0) is 13.5. The summed E-state index contributed by atoms with van der Waals surface area (Å²) in [7, 11) is 0. The largest absolute Gasteiger partial charge is 0.459 e. The number of anilines is 2. The van der Waals surface area contributed by atoms with Crippen molar-refractivity contribution in [2.45, 2.75) is 38.1 Å². The Labute approximate surface area is 113 Å². The topological polar surface area (TPSA) is 77.2 Å². The van der Waals surface area contributed by atoms with E-state index in [9.17, 15) is 0 Å².